The fraction of sp³-hybridized carbons (Fsp3) is 0.200. The lowest BCUT2D eigenvalue weighted by molar-refractivity contribution is 0.522. The lowest BCUT2D eigenvalue weighted by atomic mass is 9.99. The quantitative estimate of drug-likeness (QED) is 0.653. The van der Waals surface area contributed by atoms with E-state index in [1.54, 1.807) is 0 Å². The highest BCUT2D eigenvalue weighted by molar-refractivity contribution is 6.31. The zero-order valence-electron chi connectivity index (χ0n) is 10.4. The number of rotatable bonds is 5. The Morgan fingerprint density at radius 1 is 0.947 bits per heavy atom. The van der Waals surface area contributed by atoms with Gasteiger partial charge in [-0.25, -0.2) is 0 Å². The van der Waals surface area contributed by atoms with Gasteiger partial charge in [-0.3, -0.25) is 11.3 Å². The lowest BCUT2D eigenvalue weighted by Gasteiger charge is -2.17. The van der Waals surface area contributed by atoms with E-state index in [1.165, 1.54) is 5.56 Å². The number of benzene rings is 2. The van der Waals surface area contributed by atoms with Gasteiger partial charge in [0, 0.05) is 16.1 Å². The molecule has 1 unspecified atom stereocenters. The van der Waals surface area contributed by atoms with Crippen molar-refractivity contribution in [2.45, 2.75) is 18.9 Å². The van der Waals surface area contributed by atoms with Crippen molar-refractivity contribution in [3.63, 3.8) is 0 Å². The minimum Gasteiger partial charge on any atom is -0.271 e. The summed E-state index contributed by atoms with van der Waals surface area (Å²) < 4.78 is 0. The van der Waals surface area contributed by atoms with Crippen LogP contribution < -0.4 is 11.3 Å². The third-order valence-electron chi connectivity index (χ3n) is 3.06. The lowest BCUT2D eigenvalue weighted by Crippen LogP contribution is -2.38. The summed E-state index contributed by atoms with van der Waals surface area (Å²) in [6.07, 6.45) is 1.62. The predicted molar refractivity (Wildman–Crippen MR) is 81.4 cm³/mol. The van der Waals surface area contributed by atoms with Gasteiger partial charge in [0.15, 0.2) is 0 Å². The third-order valence-corrected chi connectivity index (χ3v) is 3.68. The molecule has 0 saturated heterocycles. The Balaban J connectivity index is 2.05. The highest BCUT2D eigenvalue weighted by atomic mass is 35.5. The summed E-state index contributed by atoms with van der Waals surface area (Å²) in [6, 6.07) is 15.8. The van der Waals surface area contributed by atoms with Crippen molar-refractivity contribution in [2.24, 2.45) is 5.84 Å². The van der Waals surface area contributed by atoms with Crippen molar-refractivity contribution < 1.29 is 0 Å². The van der Waals surface area contributed by atoms with Crippen LogP contribution >= 0.6 is 23.2 Å². The monoisotopic (exact) mass is 294 g/mol. The van der Waals surface area contributed by atoms with Crippen LogP contribution in [0.4, 0.5) is 0 Å². The minimum absolute atomic E-state index is 0.140. The highest BCUT2D eigenvalue weighted by Gasteiger charge is 2.10. The second-order valence-electron chi connectivity index (χ2n) is 4.49. The van der Waals surface area contributed by atoms with Crippen molar-refractivity contribution in [1.29, 1.82) is 0 Å². The van der Waals surface area contributed by atoms with Crippen molar-refractivity contribution in [2.75, 3.05) is 0 Å². The molecule has 2 aromatic rings. The summed E-state index contributed by atoms with van der Waals surface area (Å²) in [5, 5.41) is 1.52. The van der Waals surface area contributed by atoms with Gasteiger partial charge in [-0.2, -0.15) is 0 Å². The molecule has 2 nitrogen and oxygen atoms in total. The van der Waals surface area contributed by atoms with Gasteiger partial charge >= 0.3 is 0 Å². The van der Waals surface area contributed by atoms with Crippen LogP contribution in [0.2, 0.25) is 10.0 Å². The zero-order valence-corrected chi connectivity index (χ0v) is 12.0. The van der Waals surface area contributed by atoms with Crippen LogP contribution in [0.3, 0.4) is 0 Å². The van der Waals surface area contributed by atoms with Gasteiger partial charge < -0.3 is 0 Å². The first-order chi connectivity index (χ1) is 9.19. The fourth-order valence-corrected chi connectivity index (χ4v) is 2.36. The van der Waals surface area contributed by atoms with E-state index in [2.05, 4.69) is 5.43 Å². The predicted octanol–water partition coefficient (Wildman–Crippen LogP) is 3.61. The second kappa shape index (κ2) is 6.92. The summed E-state index contributed by atoms with van der Waals surface area (Å²) in [5.74, 6) is 5.63. The van der Waals surface area contributed by atoms with E-state index < -0.39 is 0 Å². The molecule has 0 amide bonds. The SMILES string of the molecule is NNC(Cc1ccc(Cl)cc1)Cc1ccccc1Cl. The first-order valence-electron chi connectivity index (χ1n) is 6.13. The smallest absolute Gasteiger partial charge is 0.0438 e. The summed E-state index contributed by atoms with van der Waals surface area (Å²) in [5.41, 5.74) is 5.14. The number of hydrogen-bond donors (Lipinski definition) is 2. The molecule has 3 N–H and O–H groups in total. The molecule has 0 aromatic heterocycles. The van der Waals surface area contributed by atoms with E-state index in [0.29, 0.717) is 0 Å². The fourth-order valence-electron chi connectivity index (χ4n) is 2.02. The van der Waals surface area contributed by atoms with Crippen molar-refractivity contribution in [3.05, 3.63) is 69.7 Å². The summed E-state index contributed by atoms with van der Waals surface area (Å²) in [6.45, 7) is 0. The van der Waals surface area contributed by atoms with Crippen LogP contribution in [0.5, 0.6) is 0 Å². The minimum atomic E-state index is 0.140. The molecule has 0 saturated carbocycles. The molecule has 0 aliphatic rings. The standard InChI is InChI=1S/C15H16Cl2N2/c16-13-7-5-11(6-8-13)9-14(19-18)10-12-3-1-2-4-15(12)17/h1-8,14,19H,9-10,18H2. The molecular weight excluding hydrogens is 279 g/mol. The molecule has 2 aromatic carbocycles. The summed E-state index contributed by atoms with van der Waals surface area (Å²) in [4.78, 5) is 0. The van der Waals surface area contributed by atoms with Crippen LogP contribution in [0.15, 0.2) is 48.5 Å². The molecule has 0 bridgehead atoms. The molecule has 2 rings (SSSR count). The van der Waals surface area contributed by atoms with Crippen LogP contribution in [0.25, 0.3) is 0 Å². The Morgan fingerprint density at radius 3 is 2.26 bits per heavy atom. The number of nitrogens with one attached hydrogen (secondary N) is 1. The van der Waals surface area contributed by atoms with Gasteiger partial charge in [-0.15, -0.1) is 0 Å². The van der Waals surface area contributed by atoms with E-state index in [9.17, 15) is 0 Å². The van der Waals surface area contributed by atoms with Gasteiger partial charge in [0.05, 0.1) is 0 Å². The number of hydrazine groups is 1. The van der Waals surface area contributed by atoms with Crippen LogP contribution in [-0.2, 0) is 12.8 Å². The molecule has 0 aliphatic heterocycles. The van der Waals surface area contributed by atoms with E-state index >= 15 is 0 Å². The average Bonchev–Trinajstić information content (AvgIpc) is 2.43. The zero-order chi connectivity index (χ0) is 13.7. The Labute approximate surface area is 123 Å². The van der Waals surface area contributed by atoms with Gasteiger partial charge in [0.1, 0.15) is 0 Å². The maximum absolute atomic E-state index is 6.16. The van der Waals surface area contributed by atoms with E-state index in [4.69, 9.17) is 29.0 Å². The van der Waals surface area contributed by atoms with Gasteiger partial charge in [0.2, 0.25) is 0 Å². The number of hydrogen-bond acceptors (Lipinski definition) is 2. The first-order valence-corrected chi connectivity index (χ1v) is 6.88. The second-order valence-corrected chi connectivity index (χ2v) is 5.33. The molecule has 19 heavy (non-hydrogen) atoms. The summed E-state index contributed by atoms with van der Waals surface area (Å²) >= 11 is 12.0. The molecule has 0 radical (unpaired) electrons. The van der Waals surface area contributed by atoms with Crippen molar-refractivity contribution in [3.8, 4) is 0 Å². The van der Waals surface area contributed by atoms with E-state index in [0.717, 1.165) is 28.5 Å². The molecule has 4 heteroatoms. The molecule has 0 fully saturated rings. The maximum atomic E-state index is 6.16. The average molecular weight is 295 g/mol. The number of halogens is 2. The highest BCUT2D eigenvalue weighted by Crippen LogP contribution is 2.18. The Kier molecular flexibility index (Phi) is 5.23. The Morgan fingerprint density at radius 2 is 1.63 bits per heavy atom. The van der Waals surface area contributed by atoms with Crippen LogP contribution in [0, 0.1) is 0 Å². The summed E-state index contributed by atoms with van der Waals surface area (Å²) in [7, 11) is 0. The number of nitrogens with two attached hydrogens (primary N) is 1. The molecule has 0 aliphatic carbocycles. The van der Waals surface area contributed by atoms with E-state index in [-0.39, 0.29) is 6.04 Å². The van der Waals surface area contributed by atoms with Gasteiger partial charge in [-0.05, 0) is 42.2 Å². The van der Waals surface area contributed by atoms with Crippen molar-refractivity contribution >= 4 is 23.2 Å². The Bertz CT molecular complexity index is 526. The van der Waals surface area contributed by atoms with Crippen LogP contribution in [-0.4, -0.2) is 6.04 Å². The molecule has 100 valence electrons. The van der Waals surface area contributed by atoms with Gasteiger partial charge in [-0.1, -0.05) is 53.5 Å². The molecule has 1 atom stereocenters. The third kappa shape index (κ3) is 4.22. The first kappa shape index (κ1) is 14.4. The van der Waals surface area contributed by atoms with Crippen molar-refractivity contribution in [1.82, 2.24) is 5.43 Å². The van der Waals surface area contributed by atoms with E-state index in [1.807, 2.05) is 48.5 Å². The molecular formula is C15H16Cl2N2. The topological polar surface area (TPSA) is 38.0 Å². The largest absolute Gasteiger partial charge is 0.271 e. The normalized spacial score (nSPS) is 12.4. The van der Waals surface area contributed by atoms with Gasteiger partial charge in [0.25, 0.3) is 0 Å². The molecule has 0 heterocycles. The Hall–Kier alpha value is -1.06. The maximum Gasteiger partial charge on any atom is 0.0438 e. The van der Waals surface area contributed by atoms with Crippen LogP contribution in [0.1, 0.15) is 11.1 Å². The molecule has 0 spiro atoms.